The Hall–Kier alpha value is -2.89. The number of Topliss-reactive ketones (excluding diaryl/α,β-unsaturated/α-hetero) is 1. The van der Waals surface area contributed by atoms with Gasteiger partial charge in [-0.1, -0.05) is 29.8 Å². The molecule has 6 nitrogen and oxygen atoms in total. The highest BCUT2D eigenvalue weighted by molar-refractivity contribution is 6.43. The molecule has 2 rings (SSSR count). The van der Waals surface area contributed by atoms with Gasteiger partial charge in [0.05, 0.1) is 19.4 Å². The minimum atomic E-state index is -0.808. The molecule has 0 saturated heterocycles. The second-order valence-electron chi connectivity index (χ2n) is 4.73. The fourth-order valence-electron chi connectivity index (χ4n) is 1.74. The van der Waals surface area contributed by atoms with Crippen LogP contribution in [0.1, 0.15) is 21.7 Å². The Balaban J connectivity index is 1.78. The van der Waals surface area contributed by atoms with E-state index in [2.05, 4.69) is 10.6 Å². The zero-order valence-electron chi connectivity index (χ0n) is 12.1. The van der Waals surface area contributed by atoms with Crippen molar-refractivity contribution in [3.63, 3.8) is 0 Å². The Morgan fingerprint density at radius 1 is 1.05 bits per heavy atom. The van der Waals surface area contributed by atoms with Gasteiger partial charge in [0.2, 0.25) is 11.7 Å². The molecule has 114 valence electrons. The summed E-state index contributed by atoms with van der Waals surface area (Å²) in [6, 6.07) is 10.1. The van der Waals surface area contributed by atoms with Crippen LogP contribution in [0.2, 0.25) is 0 Å². The largest absolute Gasteiger partial charge is 0.467 e. The molecular formula is C16H16N2O4. The van der Waals surface area contributed by atoms with Crippen molar-refractivity contribution in [2.45, 2.75) is 13.5 Å². The van der Waals surface area contributed by atoms with Crippen LogP contribution in [-0.4, -0.2) is 24.1 Å². The second-order valence-corrected chi connectivity index (χ2v) is 4.73. The van der Waals surface area contributed by atoms with Gasteiger partial charge in [-0.2, -0.15) is 0 Å². The van der Waals surface area contributed by atoms with Gasteiger partial charge >= 0.3 is 0 Å². The number of hydrogen-bond acceptors (Lipinski definition) is 4. The molecular weight excluding hydrogens is 284 g/mol. The summed E-state index contributed by atoms with van der Waals surface area (Å²) < 4.78 is 5.06. The maximum absolute atomic E-state index is 11.9. The van der Waals surface area contributed by atoms with Crippen LogP contribution in [0, 0.1) is 6.92 Å². The number of amides is 2. The molecule has 22 heavy (non-hydrogen) atoms. The van der Waals surface area contributed by atoms with E-state index >= 15 is 0 Å². The van der Waals surface area contributed by atoms with E-state index in [4.69, 9.17) is 4.42 Å². The third-order valence-corrected chi connectivity index (χ3v) is 2.97. The summed E-state index contributed by atoms with van der Waals surface area (Å²) in [5.74, 6) is -1.27. The summed E-state index contributed by atoms with van der Waals surface area (Å²) in [5, 5.41) is 4.86. The zero-order valence-corrected chi connectivity index (χ0v) is 12.1. The standard InChI is InChI=1S/C16H16N2O4/c1-11-4-6-12(7-5-11)15(20)16(21)18-10-14(19)17-9-13-3-2-8-22-13/h2-8H,9-10H2,1H3,(H,17,19)(H,18,21). The van der Waals surface area contributed by atoms with Crippen molar-refractivity contribution in [2.24, 2.45) is 0 Å². The Bertz CT molecular complexity index is 660. The summed E-state index contributed by atoms with van der Waals surface area (Å²) in [6.07, 6.45) is 1.50. The lowest BCUT2D eigenvalue weighted by Gasteiger charge is -2.05. The maximum atomic E-state index is 11.9. The van der Waals surface area contributed by atoms with Crippen LogP contribution in [0.15, 0.2) is 47.1 Å². The second kappa shape index (κ2) is 7.21. The van der Waals surface area contributed by atoms with Crippen molar-refractivity contribution in [1.29, 1.82) is 0 Å². The van der Waals surface area contributed by atoms with E-state index in [1.807, 2.05) is 6.92 Å². The minimum Gasteiger partial charge on any atom is -0.467 e. The van der Waals surface area contributed by atoms with Crippen LogP contribution < -0.4 is 10.6 Å². The molecule has 0 aliphatic heterocycles. The molecule has 0 aliphatic rings. The molecule has 0 saturated carbocycles. The highest BCUT2D eigenvalue weighted by atomic mass is 16.3. The molecule has 0 atom stereocenters. The topological polar surface area (TPSA) is 88.4 Å². The molecule has 0 aliphatic carbocycles. The van der Waals surface area contributed by atoms with Gasteiger partial charge in [0.1, 0.15) is 5.76 Å². The smallest absolute Gasteiger partial charge is 0.292 e. The van der Waals surface area contributed by atoms with Crippen molar-refractivity contribution < 1.29 is 18.8 Å². The first-order chi connectivity index (χ1) is 10.6. The number of carbonyl (C=O) groups is 3. The highest BCUT2D eigenvalue weighted by Crippen LogP contribution is 2.04. The van der Waals surface area contributed by atoms with Crippen molar-refractivity contribution in [2.75, 3.05) is 6.54 Å². The van der Waals surface area contributed by atoms with Crippen LogP contribution in [0.4, 0.5) is 0 Å². The number of rotatable bonds is 6. The van der Waals surface area contributed by atoms with Gasteiger partial charge < -0.3 is 15.1 Å². The third-order valence-electron chi connectivity index (χ3n) is 2.97. The minimum absolute atomic E-state index is 0.230. The molecule has 1 aromatic heterocycles. The van der Waals surface area contributed by atoms with Crippen LogP contribution in [0.5, 0.6) is 0 Å². The van der Waals surface area contributed by atoms with Gasteiger partial charge in [0.15, 0.2) is 0 Å². The number of nitrogens with one attached hydrogen (secondary N) is 2. The Morgan fingerprint density at radius 3 is 2.41 bits per heavy atom. The fraction of sp³-hybridized carbons (Fsp3) is 0.188. The number of carbonyl (C=O) groups excluding carboxylic acids is 3. The molecule has 0 fully saturated rings. The Labute approximate surface area is 127 Å². The van der Waals surface area contributed by atoms with Gasteiger partial charge in [0, 0.05) is 5.56 Å². The van der Waals surface area contributed by atoms with Gasteiger partial charge in [-0.15, -0.1) is 0 Å². The Kier molecular flexibility index (Phi) is 5.08. The highest BCUT2D eigenvalue weighted by Gasteiger charge is 2.16. The first-order valence-electron chi connectivity index (χ1n) is 6.74. The molecule has 0 unspecified atom stereocenters. The van der Waals surface area contributed by atoms with Crippen LogP contribution in [0.3, 0.4) is 0 Å². The van der Waals surface area contributed by atoms with Crippen molar-refractivity contribution in [3.8, 4) is 0 Å². The van der Waals surface area contributed by atoms with E-state index in [9.17, 15) is 14.4 Å². The molecule has 0 radical (unpaired) electrons. The average Bonchev–Trinajstić information content (AvgIpc) is 3.04. The normalized spacial score (nSPS) is 10.0. The molecule has 1 heterocycles. The molecule has 2 aromatic rings. The van der Waals surface area contributed by atoms with E-state index < -0.39 is 17.6 Å². The van der Waals surface area contributed by atoms with Crippen LogP contribution >= 0.6 is 0 Å². The van der Waals surface area contributed by atoms with E-state index in [-0.39, 0.29) is 13.1 Å². The molecule has 0 spiro atoms. The molecule has 0 bridgehead atoms. The van der Waals surface area contributed by atoms with Gasteiger partial charge in [-0.05, 0) is 19.1 Å². The lowest BCUT2D eigenvalue weighted by molar-refractivity contribution is -0.124. The van der Waals surface area contributed by atoms with Gasteiger partial charge in [-0.25, -0.2) is 0 Å². The predicted octanol–water partition coefficient (Wildman–Crippen LogP) is 1.20. The monoisotopic (exact) mass is 300 g/mol. The summed E-state index contributed by atoms with van der Waals surface area (Å²) in [6.45, 7) is 1.85. The summed E-state index contributed by atoms with van der Waals surface area (Å²) in [7, 11) is 0. The van der Waals surface area contributed by atoms with Crippen LogP contribution in [-0.2, 0) is 16.1 Å². The number of aryl methyl sites for hydroxylation is 1. The number of furan rings is 1. The molecule has 1 aromatic carbocycles. The van der Waals surface area contributed by atoms with E-state index in [1.54, 1.807) is 36.4 Å². The Morgan fingerprint density at radius 2 is 1.77 bits per heavy atom. The zero-order chi connectivity index (χ0) is 15.9. The van der Waals surface area contributed by atoms with E-state index in [0.29, 0.717) is 11.3 Å². The third kappa shape index (κ3) is 4.31. The SMILES string of the molecule is Cc1ccc(C(=O)C(=O)NCC(=O)NCc2ccco2)cc1. The summed E-state index contributed by atoms with van der Waals surface area (Å²) >= 11 is 0. The molecule has 2 amide bonds. The first kappa shape index (κ1) is 15.5. The molecule has 6 heteroatoms. The predicted molar refractivity (Wildman–Crippen MR) is 79.1 cm³/mol. The lowest BCUT2D eigenvalue weighted by Crippen LogP contribution is -2.39. The quantitative estimate of drug-likeness (QED) is 0.620. The lowest BCUT2D eigenvalue weighted by atomic mass is 10.1. The van der Waals surface area contributed by atoms with Crippen molar-refractivity contribution >= 4 is 17.6 Å². The molecule has 2 N–H and O–H groups in total. The number of benzene rings is 1. The first-order valence-corrected chi connectivity index (χ1v) is 6.74. The van der Waals surface area contributed by atoms with Crippen molar-refractivity contribution in [1.82, 2.24) is 10.6 Å². The van der Waals surface area contributed by atoms with E-state index in [1.165, 1.54) is 6.26 Å². The van der Waals surface area contributed by atoms with Gasteiger partial charge in [-0.3, -0.25) is 14.4 Å². The number of ketones is 1. The summed E-state index contributed by atoms with van der Waals surface area (Å²) in [5.41, 5.74) is 1.29. The maximum Gasteiger partial charge on any atom is 0.292 e. The van der Waals surface area contributed by atoms with Crippen molar-refractivity contribution in [3.05, 3.63) is 59.5 Å². The average molecular weight is 300 g/mol. The van der Waals surface area contributed by atoms with Gasteiger partial charge in [0.25, 0.3) is 5.91 Å². The fourth-order valence-corrected chi connectivity index (χ4v) is 1.74. The van der Waals surface area contributed by atoms with E-state index in [0.717, 1.165) is 5.56 Å². The van der Waals surface area contributed by atoms with Crippen LogP contribution in [0.25, 0.3) is 0 Å². The summed E-state index contributed by atoms with van der Waals surface area (Å²) in [4.78, 5) is 35.1. The number of hydrogen-bond donors (Lipinski definition) is 2.